The standard InChI is InChI=1S/C12H14N4/c1-9-5-3-4-6-11(9)7-14-16-8-10(2)15-12(16)13/h3-8H,1-2H3,(H2,13,15). The number of nitrogens with two attached hydrogens (primary N) is 1. The van der Waals surface area contributed by atoms with E-state index >= 15 is 0 Å². The van der Waals surface area contributed by atoms with Crippen LogP contribution in [0.25, 0.3) is 0 Å². The van der Waals surface area contributed by atoms with E-state index in [-0.39, 0.29) is 0 Å². The molecule has 0 radical (unpaired) electrons. The molecule has 0 aliphatic rings. The molecule has 4 nitrogen and oxygen atoms in total. The minimum absolute atomic E-state index is 0.405. The zero-order valence-electron chi connectivity index (χ0n) is 9.38. The number of aryl methyl sites for hydroxylation is 2. The van der Waals surface area contributed by atoms with Crippen LogP contribution in [0, 0.1) is 13.8 Å². The predicted molar refractivity (Wildman–Crippen MR) is 65.5 cm³/mol. The molecule has 0 fully saturated rings. The predicted octanol–water partition coefficient (Wildman–Crippen LogP) is 1.96. The first-order valence-electron chi connectivity index (χ1n) is 5.08. The number of nitrogens with zero attached hydrogens (tertiary/aromatic N) is 3. The van der Waals surface area contributed by atoms with Gasteiger partial charge in [-0.3, -0.25) is 0 Å². The zero-order chi connectivity index (χ0) is 11.5. The Bertz CT molecular complexity index is 526. The van der Waals surface area contributed by atoms with Crippen molar-refractivity contribution < 1.29 is 0 Å². The van der Waals surface area contributed by atoms with Gasteiger partial charge in [0.25, 0.3) is 0 Å². The van der Waals surface area contributed by atoms with Gasteiger partial charge in [0.1, 0.15) is 0 Å². The highest BCUT2D eigenvalue weighted by Crippen LogP contribution is 2.06. The van der Waals surface area contributed by atoms with Crippen LogP contribution >= 0.6 is 0 Å². The maximum absolute atomic E-state index is 5.68. The number of hydrogen-bond donors (Lipinski definition) is 1. The first kappa shape index (κ1) is 10.4. The van der Waals surface area contributed by atoms with Crippen molar-refractivity contribution in [2.45, 2.75) is 13.8 Å². The summed E-state index contributed by atoms with van der Waals surface area (Å²) in [7, 11) is 0. The molecule has 0 saturated heterocycles. The lowest BCUT2D eigenvalue weighted by atomic mass is 10.1. The third-order valence-corrected chi connectivity index (χ3v) is 2.34. The van der Waals surface area contributed by atoms with Crippen LogP contribution in [0.4, 0.5) is 5.95 Å². The largest absolute Gasteiger partial charge is 0.368 e. The van der Waals surface area contributed by atoms with Crippen molar-refractivity contribution in [2.24, 2.45) is 5.10 Å². The number of nitrogen functional groups attached to an aromatic ring is 1. The Balaban J connectivity index is 2.28. The van der Waals surface area contributed by atoms with E-state index in [1.54, 1.807) is 17.1 Å². The molecular weight excluding hydrogens is 200 g/mol. The fourth-order valence-corrected chi connectivity index (χ4v) is 1.45. The molecule has 1 aromatic carbocycles. The van der Waals surface area contributed by atoms with Crippen LogP contribution in [0.3, 0.4) is 0 Å². The Hall–Kier alpha value is -2.10. The van der Waals surface area contributed by atoms with Gasteiger partial charge in [-0.25, -0.2) is 9.66 Å². The minimum Gasteiger partial charge on any atom is -0.368 e. The molecule has 4 heteroatoms. The number of aromatic nitrogens is 2. The van der Waals surface area contributed by atoms with Crippen molar-refractivity contribution in [1.82, 2.24) is 9.66 Å². The van der Waals surface area contributed by atoms with Crippen LogP contribution in [-0.2, 0) is 0 Å². The Morgan fingerprint density at radius 2 is 2.06 bits per heavy atom. The SMILES string of the molecule is Cc1cn(N=Cc2ccccc2C)c(N)n1. The van der Waals surface area contributed by atoms with E-state index in [9.17, 15) is 0 Å². The molecule has 0 aliphatic heterocycles. The van der Waals surface area contributed by atoms with Crippen molar-refractivity contribution in [1.29, 1.82) is 0 Å². The van der Waals surface area contributed by atoms with Crippen LogP contribution in [-0.4, -0.2) is 15.9 Å². The Labute approximate surface area is 94.4 Å². The van der Waals surface area contributed by atoms with Gasteiger partial charge in [0, 0.05) is 0 Å². The third kappa shape index (κ3) is 2.11. The van der Waals surface area contributed by atoms with Crippen molar-refractivity contribution >= 4 is 12.2 Å². The van der Waals surface area contributed by atoms with Crippen molar-refractivity contribution in [3.8, 4) is 0 Å². The second-order valence-corrected chi connectivity index (χ2v) is 3.69. The number of imidazole rings is 1. The molecule has 82 valence electrons. The zero-order valence-corrected chi connectivity index (χ0v) is 9.38. The lowest BCUT2D eigenvalue weighted by Gasteiger charge is -1.98. The van der Waals surface area contributed by atoms with Crippen LogP contribution in [0.5, 0.6) is 0 Å². The smallest absolute Gasteiger partial charge is 0.221 e. The van der Waals surface area contributed by atoms with Crippen LogP contribution in [0.2, 0.25) is 0 Å². The van der Waals surface area contributed by atoms with E-state index < -0.39 is 0 Å². The summed E-state index contributed by atoms with van der Waals surface area (Å²) >= 11 is 0. The topological polar surface area (TPSA) is 56.2 Å². The molecule has 2 aromatic rings. The van der Waals surface area contributed by atoms with Crippen LogP contribution in [0.15, 0.2) is 35.6 Å². The van der Waals surface area contributed by atoms with Gasteiger partial charge < -0.3 is 5.73 Å². The molecular formula is C12H14N4. The lowest BCUT2D eigenvalue weighted by Crippen LogP contribution is -1.97. The fourth-order valence-electron chi connectivity index (χ4n) is 1.45. The van der Waals surface area contributed by atoms with E-state index in [4.69, 9.17) is 5.73 Å². The molecule has 0 bridgehead atoms. The van der Waals surface area contributed by atoms with Crippen molar-refractivity contribution in [2.75, 3.05) is 5.73 Å². The quantitative estimate of drug-likeness (QED) is 0.777. The molecule has 2 rings (SSSR count). The van der Waals surface area contributed by atoms with E-state index in [1.165, 1.54) is 5.56 Å². The first-order valence-corrected chi connectivity index (χ1v) is 5.08. The van der Waals surface area contributed by atoms with Gasteiger partial charge in [0.15, 0.2) is 0 Å². The molecule has 1 heterocycles. The van der Waals surface area contributed by atoms with Gasteiger partial charge in [-0.1, -0.05) is 24.3 Å². The summed E-state index contributed by atoms with van der Waals surface area (Å²) in [6.07, 6.45) is 3.58. The second kappa shape index (κ2) is 4.18. The summed E-state index contributed by atoms with van der Waals surface area (Å²) in [6.45, 7) is 3.93. The highest BCUT2D eigenvalue weighted by molar-refractivity contribution is 5.81. The summed E-state index contributed by atoms with van der Waals surface area (Å²) < 4.78 is 1.57. The van der Waals surface area contributed by atoms with E-state index in [0.29, 0.717) is 5.95 Å². The second-order valence-electron chi connectivity index (χ2n) is 3.69. The normalized spacial score (nSPS) is 11.1. The molecule has 0 unspecified atom stereocenters. The van der Waals surface area contributed by atoms with Crippen molar-refractivity contribution in [3.63, 3.8) is 0 Å². The van der Waals surface area contributed by atoms with Gasteiger partial charge in [-0.05, 0) is 25.0 Å². The summed E-state index contributed by atoms with van der Waals surface area (Å²) in [4.78, 5) is 4.07. The Kier molecular flexibility index (Phi) is 2.72. The number of hydrogen-bond acceptors (Lipinski definition) is 3. The molecule has 0 spiro atoms. The monoisotopic (exact) mass is 214 g/mol. The minimum atomic E-state index is 0.405. The van der Waals surface area contributed by atoms with Gasteiger partial charge in [-0.2, -0.15) is 5.10 Å². The molecule has 16 heavy (non-hydrogen) atoms. The molecule has 0 saturated carbocycles. The summed E-state index contributed by atoms with van der Waals surface area (Å²) in [6, 6.07) is 8.04. The average Bonchev–Trinajstić information content (AvgIpc) is 2.56. The number of benzene rings is 1. The maximum Gasteiger partial charge on any atom is 0.221 e. The van der Waals surface area contributed by atoms with E-state index in [0.717, 1.165) is 11.3 Å². The van der Waals surface area contributed by atoms with Gasteiger partial charge >= 0.3 is 0 Å². The highest BCUT2D eigenvalue weighted by Gasteiger charge is 1.98. The fraction of sp³-hybridized carbons (Fsp3) is 0.167. The van der Waals surface area contributed by atoms with Crippen LogP contribution < -0.4 is 5.73 Å². The lowest BCUT2D eigenvalue weighted by molar-refractivity contribution is 0.897. The van der Waals surface area contributed by atoms with Gasteiger partial charge in [0.2, 0.25) is 5.95 Å². The molecule has 0 amide bonds. The summed E-state index contributed by atoms with van der Waals surface area (Å²) in [5, 5.41) is 4.26. The Morgan fingerprint density at radius 3 is 2.69 bits per heavy atom. The van der Waals surface area contributed by atoms with E-state index in [2.05, 4.69) is 10.1 Å². The molecule has 2 N–H and O–H groups in total. The van der Waals surface area contributed by atoms with Crippen molar-refractivity contribution in [3.05, 3.63) is 47.3 Å². The molecule has 1 aromatic heterocycles. The van der Waals surface area contributed by atoms with Crippen LogP contribution in [0.1, 0.15) is 16.8 Å². The summed E-state index contributed by atoms with van der Waals surface area (Å²) in [5.74, 6) is 0.405. The number of anilines is 1. The van der Waals surface area contributed by atoms with E-state index in [1.807, 2.05) is 38.1 Å². The summed E-state index contributed by atoms with van der Waals surface area (Å²) in [5.41, 5.74) is 8.80. The first-order chi connectivity index (χ1) is 7.66. The maximum atomic E-state index is 5.68. The third-order valence-electron chi connectivity index (χ3n) is 2.34. The molecule has 0 atom stereocenters. The highest BCUT2D eigenvalue weighted by atomic mass is 15.4. The Morgan fingerprint density at radius 1 is 1.31 bits per heavy atom. The van der Waals surface area contributed by atoms with Gasteiger partial charge in [-0.15, -0.1) is 0 Å². The molecule has 0 aliphatic carbocycles. The average molecular weight is 214 g/mol. The number of rotatable bonds is 2. The van der Waals surface area contributed by atoms with Gasteiger partial charge in [0.05, 0.1) is 18.1 Å².